The predicted molar refractivity (Wildman–Crippen MR) is 73.0 cm³/mol. The first kappa shape index (κ1) is 12.9. The number of hydrogen-bond acceptors (Lipinski definition) is 3. The zero-order valence-corrected chi connectivity index (χ0v) is 11.6. The highest BCUT2D eigenvalue weighted by atomic mass is 32.2. The van der Waals surface area contributed by atoms with Crippen LogP contribution >= 0.6 is 0 Å². The molecule has 0 N–H and O–H groups in total. The van der Waals surface area contributed by atoms with Gasteiger partial charge in [0.25, 0.3) is 10.1 Å². The van der Waals surface area contributed by atoms with E-state index in [1.165, 1.54) is 12.8 Å². The van der Waals surface area contributed by atoms with Crippen LogP contribution in [0.15, 0.2) is 47.4 Å². The zero-order valence-electron chi connectivity index (χ0n) is 10.7. The summed E-state index contributed by atoms with van der Waals surface area (Å²) in [6, 6.07) is 8.36. The Morgan fingerprint density at radius 2 is 1.89 bits per heavy atom. The summed E-state index contributed by atoms with van der Waals surface area (Å²) in [4.78, 5) is 0.242. The van der Waals surface area contributed by atoms with Crippen molar-refractivity contribution in [3.05, 3.63) is 42.5 Å². The van der Waals surface area contributed by atoms with Crippen molar-refractivity contribution in [2.45, 2.75) is 24.2 Å². The number of fused-ring (bicyclic) bond motifs is 2. The van der Waals surface area contributed by atoms with Gasteiger partial charge in [-0.05, 0) is 49.1 Å². The van der Waals surface area contributed by atoms with E-state index < -0.39 is 10.1 Å². The third kappa shape index (κ3) is 2.74. The van der Waals surface area contributed by atoms with E-state index in [0.29, 0.717) is 24.4 Å². The van der Waals surface area contributed by atoms with Gasteiger partial charge in [0.2, 0.25) is 0 Å². The van der Waals surface area contributed by atoms with Crippen molar-refractivity contribution in [2.75, 3.05) is 6.61 Å². The third-order valence-electron chi connectivity index (χ3n) is 4.18. The summed E-state index contributed by atoms with van der Waals surface area (Å²) in [5.74, 6) is 1.47. The Kier molecular flexibility index (Phi) is 3.46. The molecule has 3 aliphatic rings. The molecule has 0 unspecified atom stereocenters. The minimum atomic E-state index is -3.60. The summed E-state index contributed by atoms with van der Waals surface area (Å²) in [7, 11) is -3.60. The van der Waals surface area contributed by atoms with Gasteiger partial charge in [0.05, 0.1) is 11.5 Å². The average molecular weight is 278 g/mol. The SMILES string of the molecule is O=S(=O)(OC[C@H]1C[C@@H]2C=C[C@H]1CC2)c1ccccc1. The van der Waals surface area contributed by atoms with Gasteiger partial charge >= 0.3 is 0 Å². The van der Waals surface area contributed by atoms with E-state index >= 15 is 0 Å². The maximum atomic E-state index is 12.0. The van der Waals surface area contributed by atoms with Crippen molar-refractivity contribution in [1.82, 2.24) is 0 Å². The van der Waals surface area contributed by atoms with Crippen LogP contribution in [-0.4, -0.2) is 15.0 Å². The van der Waals surface area contributed by atoms with Crippen LogP contribution in [0.4, 0.5) is 0 Å². The first-order chi connectivity index (χ1) is 9.15. The van der Waals surface area contributed by atoms with Gasteiger partial charge in [-0.1, -0.05) is 30.4 Å². The van der Waals surface area contributed by atoms with E-state index in [4.69, 9.17) is 4.18 Å². The van der Waals surface area contributed by atoms with Crippen molar-refractivity contribution >= 4 is 10.1 Å². The molecule has 102 valence electrons. The van der Waals surface area contributed by atoms with E-state index in [2.05, 4.69) is 12.2 Å². The molecule has 1 aromatic carbocycles. The largest absolute Gasteiger partial charge is 0.296 e. The van der Waals surface area contributed by atoms with Crippen molar-refractivity contribution < 1.29 is 12.6 Å². The van der Waals surface area contributed by atoms with Crippen molar-refractivity contribution in [3.63, 3.8) is 0 Å². The molecule has 3 nitrogen and oxygen atoms in total. The fourth-order valence-corrected chi connectivity index (χ4v) is 4.06. The molecule has 19 heavy (non-hydrogen) atoms. The van der Waals surface area contributed by atoms with Crippen molar-refractivity contribution in [1.29, 1.82) is 0 Å². The molecule has 0 amide bonds. The van der Waals surface area contributed by atoms with Crippen LogP contribution in [0, 0.1) is 17.8 Å². The first-order valence-electron chi connectivity index (χ1n) is 6.78. The molecule has 0 spiro atoms. The summed E-state index contributed by atoms with van der Waals surface area (Å²) in [6.45, 7) is 0.308. The average Bonchev–Trinajstić information content (AvgIpc) is 2.47. The molecule has 0 saturated heterocycles. The van der Waals surface area contributed by atoms with E-state index in [-0.39, 0.29) is 4.90 Å². The lowest BCUT2D eigenvalue weighted by molar-refractivity contribution is 0.146. The minimum Gasteiger partial charge on any atom is -0.266 e. The Hall–Kier alpha value is -1.13. The second-order valence-electron chi connectivity index (χ2n) is 5.43. The highest BCUT2D eigenvalue weighted by Gasteiger charge is 2.33. The standard InChI is InChI=1S/C15H18O3S/c16-19(17,15-4-2-1-3-5-15)18-11-14-10-12-6-8-13(14)9-7-12/h1-6,8,12-14H,7,9-11H2/t12-,13+,14-/m1/s1. The van der Waals surface area contributed by atoms with Crippen molar-refractivity contribution in [3.8, 4) is 0 Å². The molecule has 0 radical (unpaired) electrons. The van der Waals surface area contributed by atoms with Gasteiger partial charge in [-0.3, -0.25) is 4.18 Å². The van der Waals surface area contributed by atoms with E-state index in [1.54, 1.807) is 30.3 Å². The molecular formula is C15H18O3S. The van der Waals surface area contributed by atoms with Crippen LogP contribution in [0.2, 0.25) is 0 Å². The molecule has 0 aliphatic heterocycles. The van der Waals surface area contributed by atoms with E-state index in [1.807, 2.05) is 0 Å². The molecule has 0 heterocycles. The Morgan fingerprint density at radius 1 is 1.11 bits per heavy atom. The lowest BCUT2D eigenvalue weighted by Gasteiger charge is -2.37. The zero-order chi connectivity index (χ0) is 13.3. The summed E-state index contributed by atoms with van der Waals surface area (Å²) in [5.41, 5.74) is 0. The van der Waals surface area contributed by atoms with Crippen LogP contribution < -0.4 is 0 Å². The summed E-state index contributed by atoms with van der Waals surface area (Å²) in [5, 5.41) is 0. The van der Waals surface area contributed by atoms with Crippen molar-refractivity contribution in [2.24, 2.45) is 17.8 Å². The molecule has 3 atom stereocenters. The minimum absolute atomic E-state index is 0.242. The number of benzene rings is 1. The lowest BCUT2D eigenvalue weighted by atomic mass is 9.69. The van der Waals surface area contributed by atoms with Crippen LogP contribution in [0.3, 0.4) is 0 Å². The maximum absolute atomic E-state index is 12.0. The molecule has 4 rings (SSSR count). The Morgan fingerprint density at radius 3 is 2.47 bits per heavy atom. The smallest absolute Gasteiger partial charge is 0.266 e. The van der Waals surface area contributed by atoms with E-state index in [0.717, 1.165) is 6.42 Å². The van der Waals surface area contributed by atoms with Gasteiger partial charge in [0.1, 0.15) is 0 Å². The van der Waals surface area contributed by atoms with Gasteiger partial charge < -0.3 is 0 Å². The molecule has 4 heteroatoms. The van der Waals surface area contributed by atoms with Gasteiger partial charge in [-0.25, -0.2) is 0 Å². The van der Waals surface area contributed by atoms with Crippen LogP contribution in [-0.2, 0) is 14.3 Å². The monoisotopic (exact) mass is 278 g/mol. The summed E-state index contributed by atoms with van der Waals surface area (Å²) in [6.07, 6.45) is 7.98. The fraction of sp³-hybridized carbons (Fsp3) is 0.467. The highest BCUT2D eigenvalue weighted by molar-refractivity contribution is 7.86. The topological polar surface area (TPSA) is 43.4 Å². The van der Waals surface area contributed by atoms with Crippen LogP contribution in [0.1, 0.15) is 19.3 Å². The molecule has 1 fully saturated rings. The first-order valence-corrected chi connectivity index (χ1v) is 8.19. The number of rotatable bonds is 4. The quantitative estimate of drug-likeness (QED) is 0.628. The molecule has 1 saturated carbocycles. The molecule has 2 bridgehead atoms. The number of hydrogen-bond donors (Lipinski definition) is 0. The van der Waals surface area contributed by atoms with Gasteiger partial charge in [-0.15, -0.1) is 0 Å². The van der Waals surface area contributed by atoms with Crippen LogP contribution in [0.25, 0.3) is 0 Å². The Bertz CT molecular complexity index is 562. The Labute approximate surface area is 114 Å². The fourth-order valence-electron chi connectivity index (χ4n) is 3.08. The predicted octanol–water partition coefficient (Wildman–Crippen LogP) is 2.99. The van der Waals surface area contributed by atoms with Gasteiger partial charge in [0, 0.05) is 0 Å². The lowest BCUT2D eigenvalue weighted by Crippen LogP contribution is -2.31. The van der Waals surface area contributed by atoms with Crippen LogP contribution in [0.5, 0.6) is 0 Å². The van der Waals surface area contributed by atoms with E-state index in [9.17, 15) is 8.42 Å². The molecule has 3 aliphatic carbocycles. The number of allylic oxidation sites excluding steroid dienone is 2. The third-order valence-corrected chi connectivity index (χ3v) is 5.48. The van der Waals surface area contributed by atoms with Gasteiger partial charge in [0.15, 0.2) is 0 Å². The highest BCUT2D eigenvalue weighted by Crippen LogP contribution is 2.40. The van der Waals surface area contributed by atoms with Gasteiger partial charge in [-0.2, -0.15) is 8.42 Å². The Balaban J connectivity index is 1.65. The normalized spacial score (nSPS) is 29.6. The maximum Gasteiger partial charge on any atom is 0.296 e. The molecule has 0 aromatic heterocycles. The molecule has 1 aromatic rings. The second-order valence-corrected chi connectivity index (χ2v) is 7.05. The summed E-state index contributed by atoms with van der Waals surface area (Å²) < 4.78 is 29.3. The molecular weight excluding hydrogens is 260 g/mol. The second kappa shape index (κ2) is 5.10. The summed E-state index contributed by atoms with van der Waals surface area (Å²) >= 11 is 0.